The van der Waals surface area contributed by atoms with E-state index < -0.39 is 11.6 Å². The number of hydrogen-bond donors (Lipinski definition) is 0. The molecular formula is C33H37F3O. The van der Waals surface area contributed by atoms with Crippen LogP contribution in [0.5, 0.6) is 5.75 Å². The minimum absolute atomic E-state index is 0.0115. The van der Waals surface area contributed by atoms with E-state index in [0.29, 0.717) is 35.0 Å². The molecule has 3 aromatic carbocycles. The first-order chi connectivity index (χ1) is 18.0. The standard InChI is InChI=1S/C33H37F3O/c1-3-4-5-6-21-37-31-20-13-25(22-30(31)34)10-9-24-11-16-27(17-12-24)29-19-18-28(32(35)33(29)36)26-14-7-23(2)8-15-26/h7-10,13-15,18-20,22,24,27H,3-6,11-12,16-17,21H2,1-2H3/b10-9+. The molecule has 1 aliphatic carbocycles. The summed E-state index contributed by atoms with van der Waals surface area (Å²) >= 11 is 0. The quantitative estimate of drug-likeness (QED) is 0.249. The number of rotatable bonds is 10. The van der Waals surface area contributed by atoms with Gasteiger partial charge in [-0.3, -0.25) is 0 Å². The third-order valence-corrected chi connectivity index (χ3v) is 7.46. The maximum absolute atomic E-state index is 15.0. The monoisotopic (exact) mass is 506 g/mol. The van der Waals surface area contributed by atoms with Gasteiger partial charge in [-0.25, -0.2) is 13.2 Å². The van der Waals surface area contributed by atoms with Crippen LogP contribution in [-0.4, -0.2) is 6.61 Å². The van der Waals surface area contributed by atoms with Crippen LogP contribution < -0.4 is 4.74 Å². The van der Waals surface area contributed by atoms with E-state index in [0.717, 1.165) is 56.1 Å². The molecule has 37 heavy (non-hydrogen) atoms. The molecule has 3 aromatic rings. The maximum Gasteiger partial charge on any atom is 0.166 e. The number of ether oxygens (including phenoxy) is 1. The van der Waals surface area contributed by atoms with Gasteiger partial charge in [0.25, 0.3) is 0 Å². The minimum atomic E-state index is -0.765. The summed E-state index contributed by atoms with van der Waals surface area (Å²) in [4.78, 5) is 0. The molecule has 0 spiro atoms. The van der Waals surface area contributed by atoms with Crippen molar-refractivity contribution in [1.82, 2.24) is 0 Å². The Morgan fingerprint density at radius 2 is 1.59 bits per heavy atom. The first-order valence-electron chi connectivity index (χ1n) is 13.6. The Labute approximate surface area is 219 Å². The fourth-order valence-electron chi connectivity index (χ4n) is 5.15. The molecule has 1 nitrogen and oxygen atoms in total. The molecule has 0 saturated heterocycles. The second-order valence-electron chi connectivity index (χ2n) is 10.3. The average molecular weight is 507 g/mol. The predicted octanol–water partition coefficient (Wildman–Crippen LogP) is 10.0. The molecule has 0 N–H and O–H groups in total. The number of allylic oxidation sites excluding steroid dienone is 1. The van der Waals surface area contributed by atoms with Gasteiger partial charge in [0, 0.05) is 5.56 Å². The van der Waals surface area contributed by atoms with Gasteiger partial charge < -0.3 is 4.74 Å². The van der Waals surface area contributed by atoms with E-state index in [1.807, 2.05) is 43.3 Å². The molecule has 0 radical (unpaired) electrons. The van der Waals surface area contributed by atoms with Gasteiger partial charge in [-0.1, -0.05) is 86.4 Å². The highest BCUT2D eigenvalue weighted by Gasteiger charge is 2.25. The molecule has 196 valence electrons. The molecule has 1 fully saturated rings. The fourth-order valence-corrected chi connectivity index (χ4v) is 5.15. The van der Waals surface area contributed by atoms with Crippen molar-refractivity contribution in [3.63, 3.8) is 0 Å². The number of halogens is 3. The van der Waals surface area contributed by atoms with Gasteiger partial charge in [-0.15, -0.1) is 0 Å². The van der Waals surface area contributed by atoms with Gasteiger partial charge >= 0.3 is 0 Å². The molecule has 0 heterocycles. The fraction of sp³-hybridized carbons (Fsp3) is 0.394. The predicted molar refractivity (Wildman–Crippen MR) is 146 cm³/mol. The maximum atomic E-state index is 15.0. The van der Waals surface area contributed by atoms with Gasteiger partial charge in [0.1, 0.15) is 0 Å². The van der Waals surface area contributed by atoms with Crippen LogP contribution in [0.3, 0.4) is 0 Å². The van der Waals surface area contributed by atoms with Gasteiger partial charge in [-0.05, 0) is 79.7 Å². The molecule has 0 unspecified atom stereocenters. The largest absolute Gasteiger partial charge is 0.491 e. The Morgan fingerprint density at radius 3 is 2.30 bits per heavy atom. The number of benzene rings is 3. The van der Waals surface area contributed by atoms with Crippen LogP contribution in [0, 0.1) is 30.3 Å². The molecule has 0 bridgehead atoms. The summed E-state index contributed by atoms with van der Waals surface area (Å²) in [6.45, 7) is 4.66. The minimum Gasteiger partial charge on any atom is -0.491 e. The molecule has 0 aromatic heterocycles. The van der Waals surface area contributed by atoms with E-state index in [1.54, 1.807) is 18.2 Å². The van der Waals surface area contributed by atoms with Crippen molar-refractivity contribution < 1.29 is 17.9 Å². The van der Waals surface area contributed by atoms with E-state index >= 15 is 4.39 Å². The Morgan fingerprint density at radius 1 is 0.838 bits per heavy atom. The summed E-state index contributed by atoms with van der Waals surface area (Å²) in [7, 11) is 0. The first-order valence-corrected chi connectivity index (χ1v) is 13.6. The molecular weight excluding hydrogens is 469 g/mol. The van der Waals surface area contributed by atoms with Crippen LogP contribution in [0.4, 0.5) is 13.2 Å². The Hall–Kier alpha value is -3.01. The Kier molecular flexibility index (Phi) is 9.49. The molecule has 1 aliphatic rings. The second kappa shape index (κ2) is 13.0. The molecule has 0 amide bonds. The Bertz CT molecular complexity index is 1190. The average Bonchev–Trinajstić information content (AvgIpc) is 2.91. The lowest BCUT2D eigenvalue weighted by molar-refractivity contribution is 0.290. The van der Waals surface area contributed by atoms with Crippen molar-refractivity contribution in [3.05, 3.63) is 94.8 Å². The van der Waals surface area contributed by atoms with Crippen LogP contribution in [0.2, 0.25) is 0 Å². The van der Waals surface area contributed by atoms with Gasteiger partial charge in [0.05, 0.1) is 6.61 Å². The summed E-state index contributed by atoms with van der Waals surface area (Å²) in [6, 6.07) is 16.0. The van der Waals surface area contributed by atoms with Gasteiger partial charge in [0.15, 0.2) is 23.2 Å². The van der Waals surface area contributed by atoms with Crippen molar-refractivity contribution in [1.29, 1.82) is 0 Å². The molecule has 4 heteroatoms. The van der Waals surface area contributed by atoms with Crippen LogP contribution in [0.15, 0.2) is 60.7 Å². The van der Waals surface area contributed by atoms with Gasteiger partial charge in [-0.2, -0.15) is 0 Å². The van der Waals surface area contributed by atoms with E-state index in [-0.39, 0.29) is 11.7 Å². The van der Waals surface area contributed by atoms with Crippen LogP contribution in [0.1, 0.15) is 80.9 Å². The molecule has 1 saturated carbocycles. The third kappa shape index (κ3) is 7.06. The summed E-state index contributed by atoms with van der Waals surface area (Å²) in [5.74, 6) is -1.17. The van der Waals surface area contributed by atoms with Crippen LogP contribution >= 0.6 is 0 Å². The number of hydrogen-bond acceptors (Lipinski definition) is 1. The summed E-state index contributed by atoms with van der Waals surface area (Å²) in [6.07, 6.45) is 11.8. The van der Waals surface area contributed by atoms with E-state index in [2.05, 4.69) is 13.0 Å². The van der Waals surface area contributed by atoms with Gasteiger partial charge in [0.2, 0.25) is 0 Å². The van der Waals surface area contributed by atoms with Crippen molar-refractivity contribution in [2.75, 3.05) is 6.61 Å². The summed E-state index contributed by atoms with van der Waals surface area (Å²) in [5, 5.41) is 0. The molecule has 0 aliphatic heterocycles. The topological polar surface area (TPSA) is 9.23 Å². The van der Waals surface area contributed by atoms with Crippen LogP contribution in [-0.2, 0) is 0 Å². The van der Waals surface area contributed by atoms with E-state index in [4.69, 9.17) is 4.74 Å². The highest BCUT2D eigenvalue weighted by molar-refractivity contribution is 5.65. The van der Waals surface area contributed by atoms with Crippen molar-refractivity contribution in [2.24, 2.45) is 5.92 Å². The molecule has 4 rings (SSSR count). The molecule has 0 atom stereocenters. The van der Waals surface area contributed by atoms with Crippen LogP contribution in [0.25, 0.3) is 17.2 Å². The smallest absolute Gasteiger partial charge is 0.166 e. The van der Waals surface area contributed by atoms with Crippen molar-refractivity contribution >= 4 is 6.08 Å². The SMILES string of the molecule is CCCCCCOc1ccc(/C=C/C2CCC(c3ccc(-c4ccc(C)cc4)c(F)c3F)CC2)cc1F. The Balaban J connectivity index is 1.32. The number of aryl methyl sites for hydroxylation is 1. The number of unbranched alkanes of at least 4 members (excludes halogenated alkanes) is 3. The zero-order valence-corrected chi connectivity index (χ0v) is 21.9. The lowest BCUT2D eigenvalue weighted by Crippen LogP contribution is -2.13. The summed E-state index contributed by atoms with van der Waals surface area (Å²) < 4.78 is 50.0. The highest BCUT2D eigenvalue weighted by atomic mass is 19.2. The second-order valence-corrected chi connectivity index (χ2v) is 10.3. The first kappa shape index (κ1) is 27.0. The van der Waals surface area contributed by atoms with Crippen molar-refractivity contribution in [3.8, 4) is 16.9 Å². The van der Waals surface area contributed by atoms with Crippen molar-refractivity contribution in [2.45, 2.75) is 71.1 Å². The third-order valence-electron chi connectivity index (χ3n) is 7.46. The van der Waals surface area contributed by atoms with E-state index in [1.165, 1.54) is 12.5 Å². The lowest BCUT2D eigenvalue weighted by atomic mass is 9.78. The van der Waals surface area contributed by atoms with E-state index in [9.17, 15) is 8.78 Å². The zero-order valence-electron chi connectivity index (χ0n) is 21.9. The lowest BCUT2D eigenvalue weighted by Gasteiger charge is -2.27. The summed E-state index contributed by atoms with van der Waals surface area (Å²) in [5.41, 5.74) is 3.35. The highest BCUT2D eigenvalue weighted by Crippen LogP contribution is 2.39. The zero-order chi connectivity index (χ0) is 26.2. The normalized spacial score (nSPS) is 17.9.